The minimum atomic E-state index is -0.958. The lowest BCUT2D eigenvalue weighted by molar-refractivity contribution is -0.140. The van der Waals surface area contributed by atoms with E-state index in [2.05, 4.69) is 25.1 Å². The fourth-order valence-corrected chi connectivity index (χ4v) is 5.11. The molecule has 4 rings (SSSR count). The van der Waals surface area contributed by atoms with Crippen molar-refractivity contribution in [3.63, 3.8) is 0 Å². The molecule has 0 unspecified atom stereocenters. The average molecular weight is 391 g/mol. The van der Waals surface area contributed by atoms with E-state index in [-0.39, 0.29) is 5.56 Å². The van der Waals surface area contributed by atoms with E-state index in [0.29, 0.717) is 5.75 Å². The van der Waals surface area contributed by atoms with Crippen LogP contribution in [0, 0.1) is 6.92 Å². The molecule has 1 aliphatic heterocycles. The van der Waals surface area contributed by atoms with E-state index in [0.717, 1.165) is 34.6 Å². The van der Waals surface area contributed by atoms with Crippen LogP contribution in [0.25, 0.3) is 11.1 Å². The molecule has 2 heterocycles. The van der Waals surface area contributed by atoms with Crippen LogP contribution in [0.1, 0.15) is 22.7 Å². The highest BCUT2D eigenvalue weighted by Gasteiger charge is 2.32. The third-order valence-corrected chi connectivity index (χ3v) is 6.25. The van der Waals surface area contributed by atoms with Crippen molar-refractivity contribution in [1.29, 1.82) is 0 Å². The van der Waals surface area contributed by atoms with E-state index in [1.54, 1.807) is 6.07 Å². The number of carbonyl (C=O) groups is 1. The molecule has 4 nitrogen and oxygen atoms in total. The van der Waals surface area contributed by atoms with Crippen LogP contribution < -0.4 is 5.56 Å². The fourth-order valence-electron chi connectivity index (χ4n) is 3.76. The Labute approximate surface area is 167 Å². The Bertz CT molecular complexity index is 1090. The molecule has 28 heavy (non-hydrogen) atoms. The summed E-state index contributed by atoms with van der Waals surface area (Å²) in [6.45, 7) is 2.07. The molecule has 1 N–H and O–H groups in total. The first-order chi connectivity index (χ1) is 13.5. The standard InChI is InChI=1S/C23H21NO3S/c1-15-6-5-7-16(12-15)10-11-18-13-20(25)24-19(23(26)27)14-28-22(24)21(18)17-8-3-2-4-9-17/h2-9,12-13,19H,10-11,14H2,1H3,(H,26,27)/t19-/m0/s1. The Morgan fingerprint density at radius 1 is 1.11 bits per heavy atom. The van der Waals surface area contributed by atoms with Gasteiger partial charge in [0.15, 0.2) is 0 Å². The van der Waals surface area contributed by atoms with Crippen LogP contribution in [-0.4, -0.2) is 21.4 Å². The number of pyridine rings is 1. The van der Waals surface area contributed by atoms with E-state index in [9.17, 15) is 14.7 Å². The number of benzene rings is 2. The quantitative estimate of drug-likeness (QED) is 0.703. The van der Waals surface area contributed by atoms with Crippen molar-refractivity contribution in [3.8, 4) is 11.1 Å². The van der Waals surface area contributed by atoms with Crippen LogP contribution in [-0.2, 0) is 17.6 Å². The third-order valence-electron chi connectivity index (χ3n) is 5.09. The predicted molar refractivity (Wildman–Crippen MR) is 112 cm³/mol. The first-order valence-electron chi connectivity index (χ1n) is 9.29. The average Bonchev–Trinajstić information content (AvgIpc) is 3.13. The monoisotopic (exact) mass is 391 g/mol. The molecule has 0 saturated heterocycles. The summed E-state index contributed by atoms with van der Waals surface area (Å²) in [6, 6.07) is 19.1. The molecule has 0 spiro atoms. The van der Waals surface area contributed by atoms with Crippen LogP contribution in [0.2, 0.25) is 0 Å². The van der Waals surface area contributed by atoms with Crippen molar-refractivity contribution in [3.05, 3.63) is 87.7 Å². The van der Waals surface area contributed by atoms with Gasteiger partial charge in [-0.25, -0.2) is 4.79 Å². The zero-order valence-corrected chi connectivity index (χ0v) is 16.4. The van der Waals surface area contributed by atoms with Gasteiger partial charge in [0.25, 0.3) is 5.56 Å². The summed E-state index contributed by atoms with van der Waals surface area (Å²) in [5.74, 6) is -0.578. The number of nitrogens with zero attached hydrogens (tertiary/aromatic N) is 1. The highest BCUT2D eigenvalue weighted by atomic mass is 32.2. The topological polar surface area (TPSA) is 59.3 Å². The zero-order chi connectivity index (χ0) is 19.7. The number of carboxylic acids is 1. The van der Waals surface area contributed by atoms with Crippen molar-refractivity contribution < 1.29 is 9.90 Å². The molecule has 0 bridgehead atoms. The summed E-state index contributed by atoms with van der Waals surface area (Å²) in [6.07, 6.45) is 1.56. The number of aryl methyl sites for hydroxylation is 3. The zero-order valence-electron chi connectivity index (χ0n) is 15.6. The fraction of sp³-hybridized carbons (Fsp3) is 0.217. The van der Waals surface area contributed by atoms with E-state index in [4.69, 9.17) is 0 Å². The summed E-state index contributed by atoms with van der Waals surface area (Å²) in [5.41, 5.74) is 5.20. The Kier molecular flexibility index (Phi) is 5.09. The molecule has 5 heteroatoms. The molecule has 0 amide bonds. The van der Waals surface area contributed by atoms with Gasteiger partial charge in [-0.1, -0.05) is 60.2 Å². The van der Waals surface area contributed by atoms with Crippen LogP contribution in [0.15, 0.2) is 70.5 Å². The molecule has 2 aromatic carbocycles. The molecule has 0 radical (unpaired) electrons. The number of fused-ring (bicyclic) bond motifs is 1. The smallest absolute Gasteiger partial charge is 0.327 e. The van der Waals surface area contributed by atoms with Gasteiger partial charge in [-0.3, -0.25) is 9.36 Å². The second kappa shape index (κ2) is 7.68. The van der Waals surface area contributed by atoms with Crippen LogP contribution in [0.4, 0.5) is 0 Å². The SMILES string of the molecule is Cc1cccc(CCc2cc(=O)n3c(c2-c2ccccc2)SC[C@H]3C(=O)O)c1. The number of thioether (sulfide) groups is 1. The van der Waals surface area contributed by atoms with Crippen molar-refractivity contribution >= 4 is 17.7 Å². The second-order valence-corrected chi connectivity index (χ2v) is 8.09. The summed E-state index contributed by atoms with van der Waals surface area (Å²) in [7, 11) is 0. The lowest BCUT2D eigenvalue weighted by atomic mass is 9.96. The first kappa shape index (κ1) is 18.6. The summed E-state index contributed by atoms with van der Waals surface area (Å²) in [4.78, 5) is 24.4. The molecular weight excluding hydrogens is 370 g/mol. The van der Waals surface area contributed by atoms with Crippen LogP contribution in [0.3, 0.4) is 0 Å². The van der Waals surface area contributed by atoms with Gasteiger partial charge in [-0.2, -0.15) is 0 Å². The highest BCUT2D eigenvalue weighted by Crippen LogP contribution is 2.41. The van der Waals surface area contributed by atoms with E-state index < -0.39 is 12.0 Å². The molecule has 0 saturated carbocycles. The van der Waals surface area contributed by atoms with Crippen molar-refractivity contribution in [1.82, 2.24) is 4.57 Å². The number of hydrogen-bond acceptors (Lipinski definition) is 3. The molecule has 1 aliphatic rings. The Hall–Kier alpha value is -2.79. The van der Waals surface area contributed by atoms with Gasteiger partial charge in [0.1, 0.15) is 6.04 Å². The molecular formula is C23H21NO3S. The minimum Gasteiger partial charge on any atom is -0.480 e. The van der Waals surface area contributed by atoms with Gasteiger partial charge in [0, 0.05) is 17.4 Å². The number of aromatic nitrogens is 1. The molecule has 1 aromatic heterocycles. The van der Waals surface area contributed by atoms with Gasteiger partial charge in [0.05, 0.1) is 5.03 Å². The van der Waals surface area contributed by atoms with Gasteiger partial charge < -0.3 is 5.11 Å². The molecule has 1 atom stereocenters. The number of hydrogen-bond donors (Lipinski definition) is 1. The molecule has 3 aromatic rings. The largest absolute Gasteiger partial charge is 0.480 e. The van der Waals surface area contributed by atoms with E-state index >= 15 is 0 Å². The number of carboxylic acid groups (broad SMARTS) is 1. The summed E-state index contributed by atoms with van der Waals surface area (Å²) < 4.78 is 1.45. The first-order valence-corrected chi connectivity index (χ1v) is 10.3. The lowest BCUT2D eigenvalue weighted by Crippen LogP contribution is -2.29. The van der Waals surface area contributed by atoms with Crippen molar-refractivity contribution in [2.45, 2.75) is 30.8 Å². The molecule has 142 valence electrons. The third kappa shape index (κ3) is 3.50. The van der Waals surface area contributed by atoms with E-state index in [1.165, 1.54) is 27.5 Å². The Morgan fingerprint density at radius 3 is 2.61 bits per heavy atom. The maximum atomic E-state index is 12.8. The van der Waals surface area contributed by atoms with Gasteiger partial charge in [0.2, 0.25) is 0 Å². The second-order valence-electron chi connectivity index (χ2n) is 7.08. The number of rotatable bonds is 5. The summed E-state index contributed by atoms with van der Waals surface area (Å²) >= 11 is 1.46. The predicted octanol–water partition coefficient (Wildman–Crippen LogP) is 4.34. The Balaban J connectivity index is 1.81. The van der Waals surface area contributed by atoms with Crippen molar-refractivity contribution in [2.24, 2.45) is 0 Å². The van der Waals surface area contributed by atoms with E-state index in [1.807, 2.05) is 36.4 Å². The maximum Gasteiger partial charge on any atom is 0.327 e. The normalized spacial score (nSPS) is 15.4. The maximum absolute atomic E-state index is 12.8. The van der Waals surface area contributed by atoms with Crippen molar-refractivity contribution in [2.75, 3.05) is 5.75 Å². The lowest BCUT2D eigenvalue weighted by Gasteiger charge is -2.17. The van der Waals surface area contributed by atoms with Crippen LogP contribution >= 0.6 is 11.8 Å². The highest BCUT2D eigenvalue weighted by molar-refractivity contribution is 7.99. The van der Waals surface area contributed by atoms with Gasteiger partial charge in [-0.05, 0) is 36.5 Å². The molecule has 0 fully saturated rings. The number of aliphatic carboxylic acids is 1. The summed E-state index contributed by atoms with van der Waals surface area (Å²) in [5, 5.41) is 10.3. The van der Waals surface area contributed by atoms with Gasteiger partial charge >= 0.3 is 5.97 Å². The van der Waals surface area contributed by atoms with Gasteiger partial charge in [-0.15, -0.1) is 11.8 Å². The van der Waals surface area contributed by atoms with Crippen LogP contribution in [0.5, 0.6) is 0 Å². The molecule has 0 aliphatic carbocycles. The Morgan fingerprint density at radius 2 is 1.89 bits per heavy atom. The minimum absolute atomic E-state index is 0.230.